The zero-order chi connectivity index (χ0) is 24.5. The van der Waals surface area contributed by atoms with Crippen molar-refractivity contribution in [1.82, 2.24) is 15.0 Å². The smallest absolute Gasteiger partial charge is 0.303 e. The average Bonchev–Trinajstić information content (AvgIpc) is 3.58. The Bertz CT molecular complexity index is 1440. The van der Waals surface area contributed by atoms with Gasteiger partial charge in [0.05, 0.1) is 5.56 Å². The van der Waals surface area contributed by atoms with Crippen LogP contribution in [0.2, 0.25) is 0 Å². The lowest BCUT2D eigenvalue weighted by molar-refractivity contribution is -0.136. The number of ether oxygens (including phenoxy) is 1. The lowest BCUT2D eigenvalue weighted by Crippen LogP contribution is -2.01. The lowest BCUT2D eigenvalue weighted by Gasteiger charge is -2.12. The largest absolute Gasteiger partial charge is 0.481 e. The maximum Gasteiger partial charge on any atom is 0.303 e. The average molecular weight is 496 g/mol. The molecule has 0 aliphatic carbocycles. The molecule has 5 rings (SSSR count). The second-order valence-electron chi connectivity index (χ2n) is 8.55. The molecule has 4 aromatic rings. The minimum Gasteiger partial charge on any atom is -0.481 e. The van der Waals surface area contributed by atoms with Crippen LogP contribution >= 0.6 is 11.8 Å². The molecule has 3 N–H and O–H groups in total. The van der Waals surface area contributed by atoms with Crippen LogP contribution in [0, 0.1) is 24.5 Å². The van der Waals surface area contributed by atoms with Crippen molar-refractivity contribution in [1.29, 1.82) is 0 Å². The van der Waals surface area contributed by atoms with Gasteiger partial charge in [-0.1, -0.05) is 6.08 Å². The third-order valence-electron chi connectivity index (χ3n) is 6.02. The molecule has 180 valence electrons. The third-order valence-corrected chi connectivity index (χ3v) is 7.33. The van der Waals surface area contributed by atoms with Gasteiger partial charge in [-0.05, 0) is 54.9 Å². The molecule has 0 spiro atoms. The summed E-state index contributed by atoms with van der Waals surface area (Å²) >= 11 is 1.68. The number of allylic oxidation sites excluding steroid dienone is 2. The maximum absolute atomic E-state index is 14.7. The van der Waals surface area contributed by atoms with E-state index in [2.05, 4.69) is 21.0 Å². The van der Waals surface area contributed by atoms with E-state index >= 15 is 0 Å². The fourth-order valence-corrected chi connectivity index (χ4v) is 5.45. The summed E-state index contributed by atoms with van der Waals surface area (Å²) in [6.07, 6.45) is 6.89. The molecule has 2 aromatic heterocycles. The van der Waals surface area contributed by atoms with E-state index in [4.69, 9.17) is 9.84 Å². The highest BCUT2D eigenvalue weighted by atomic mass is 32.2. The number of carbonyl (C=O) groups is 1. The van der Waals surface area contributed by atoms with E-state index in [1.165, 1.54) is 24.3 Å². The summed E-state index contributed by atoms with van der Waals surface area (Å²) in [6.45, 7) is 1.78. The molecule has 1 unspecified atom stereocenters. The molecule has 3 heterocycles. The van der Waals surface area contributed by atoms with Crippen LogP contribution < -0.4 is 4.74 Å². The van der Waals surface area contributed by atoms with Crippen LogP contribution in [0.3, 0.4) is 0 Å². The van der Waals surface area contributed by atoms with Crippen molar-refractivity contribution in [3.8, 4) is 22.9 Å². The molecule has 9 heteroatoms. The summed E-state index contributed by atoms with van der Waals surface area (Å²) in [5, 5.41) is 9.71. The quantitative estimate of drug-likeness (QED) is 0.256. The Morgan fingerprint density at radius 3 is 2.94 bits per heavy atom. The van der Waals surface area contributed by atoms with Crippen molar-refractivity contribution >= 4 is 28.6 Å². The van der Waals surface area contributed by atoms with Gasteiger partial charge in [-0.15, -0.1) is 11.8 Å². The Kier molecular flexibility index (Phi) is 6.34. The van der Waals surface area contributed by atoms with Crippen molar-refractivity contribution in [3.63, 3.8) is 0 Å². The first-order valence-electron chi connectivity index (χ1n) is 11.2. The van der Waals surface area contributed by atoms with Crippen molar-refractivity contribution < 1.29 is 23.4 Å². The van der Waals surface area contributed by atoms with Gasteiger partial charge in [-0.2, -0.15) is 0 Å². The number of nitrogens with one attached hydrogen (secondary N) is 2. The van der Waals surface area contributed by atoms with Gasteiger partial charge in [0.1, 0.15) is 17.4 Å². The van der Waals surface area contributed by atoms with Crippen LogP contribution in [0.5, 0.6) is 11.5 Å². The van der Waals surface area contributed by atoms with Crippen molar-refractivity contribution in [2.75, 3.05) is 5.75 Å². The number of nitrogens with zero attached hydrogens (tertiary/aromatic N) is 1. The number of aliphatic carboxylic acids is 1. The molecule has 35 heavy (non-hydrogen) atoms. The fourth-order valence-electron chi connectivity index (χ4n) is 4.27. The molecule has 1 aliphatic heterocycles. The van der Waals surface area contributed by atoms with Crippen LogP contribution in [0.25, 0.3) is 22.3 Å². The summed E-state index contributed by atoms with van der Waals surface area (Å²) < 4.78 is 35.2. The van der Waals surface area contributed by atoms with E-state index in [-0.39, 0.29) is 23.7 Å². The van der Waals surface area contributed by atoms with Gasteiger partial charge in [-0.25, -0.2) is 13.8 Å². The topological polar surface area (TPSA) is 91.0 Å². The van der Waals surface area contributed by atoms with E-state index in [0.29, 0.717) is 35.5 Å². The standard InChI is InChI=1S/C26H23F2N3O3S/c1-14-19-6-7-29-23(19)11-22(28)25(14)34-17-2-4-21(27)20(10-17)26-30-12-16(31-26)8-15-9-18(35-13-15)3-5-24(32)33/h2,4,6-7,9-12,15,29H,3,5,8,13H2,1H3,(H,30,31)(H,32,33). The summed E-state index contributed by atoms with van der Waals surface area (Å²) in [4.78, 5) is 22.4. The molecular formula is C26H23F2N3O3S. The Hall–Kier alpha value is -3.59. The number of aromatic amines is 2. The number of fused-ring (bicyclic) bond motifs is 1. The molecule has 1 atom stereocenters. The molecular weight excluding hydrogens is 472 g/mol. The number of aryl methyl sites for hydroxylation is 1. The van der Waals surface area contributed by atoms with E-state index in [9.17, 15) is 13.6 Å². The molecule has 0 saturated carbocycles. The van der Waals surface area contributed by atoms with Crippen LogP contribution in [0.15, 0.2) is 53.7 Å². The first-order valence-corrected chi connectivity index (χ1v) is 12.2. The summed E-state index contributed by atoms with van der Waals surface area (Å²) in [6, 6.07) is 7.48. The highest BCUT2D eigenvalue weighted by Gasteiger charge is 2.20. The highest BCUT2D eigenvalue weighted by molar-refractivity contribution is 8.03. The predicted molar refractivity (Wildman–Crippen MR) is 132 cm³/mol. The highest BCUT2D eigenvalue weighted by Crippen LogP contribution is 2.36. The number of imidazole rings is 1. The van der Waals surface area contributed by atoms with Crippen LogP contribution in [-0.2, 0) is 11.2 Å². The summed E-state index contributed by atoms with van der Waals surface area (Å²) in [5.74, 6) is 0.112. The zero-order valence-electron chi connectivity index (χ0n) is 18.9. The van der Waals surface area contributed by atoms with Gasteiger partial charge >= 0.3 is 5.97 Å². The number of thioether (sulfide) groups is 1. The Labute approximate surface area is 204 Å². The third kappa shape index (κ3) is 4.95. The molecule has 0 radical (unpaired) electrons. The Morgan fingerprint density at radius 1 is 1.26 bits per heavy atom. The lowest BCUT2D eigenvalue weighted by atomic mass is 10.0. The van der Waals surface area contributed by atoms with Gasteiger partial charge in [-0.3, -0.25) is 4.79 Å². The molecule has 0 saturated heterocycles. The zero-order valence-corrected chi connectivity index (χ0v) is 19.7. The van der Waals surface area contributed by atoms with E-state index < -0.39 is 17.6 Å². The molecule has 6 nitrogen and oxygen atoms in total. The number of halogens is 2. The first-order chi connectivity index (χ1) is 16.9. The number of carboxylic acids is 1. The summed E-state index contributed by atoms with van der Waals surface area (Å²) in [5.41, 5.74) is 2.41. The number of hydrogen-bond acceptors (Lipinski definition) is 4. The van der Waals surface area contributed by atoms with E-state index in [1.54, 1.807) is 31.1 Å². The SMILES string of the molecule is Cc1c(Oc2ccc(F)c(-c3ncc(CC4C=C(CCC(=O)O)SC4)[nH]3)c2)c(F)cc2[nH]ccc12. The normalized spacial score (nSPS) is 15.5. The Morgan fingerprint density at radius 2 is 2.11 bits per heavy atom. The van der Waals surface area contributed by atoms with E-state index in [1.807, 2.05) is 6.07 Å². The molecule has 1 aliphatic rings. The number of benzene rings is 2. The van der Waals surface area contributed by atoms with Gasteiger partial charge in [0.2, 0.25) is 0 Å². The fraction of sp³-hybridized carbons (Fsp3) is 0.231. The number of aromatic nitrogens is 3. The minimum atomic E-state index is -0.802. The van der Waals surface area contributed by atoms with Crippen LogP contribution in [0.4, 0.5) is 8.78 Å². The molecule has 0 fully saturated rings. The van der Waals surface area contributed by atoms with Crippen LogP contribution in [-0.4, -0.2) is 31.8 Å². The van der Waals surface area contributed by atoms with Crippen molar-refractivity contribution in [2.45, 2.75) is 26.2 Å². The minimum absolute atomic E-state index is 0.0963. The van der Waals surface area contributed by atoms with Gasteiger partial charge in [0.25, 0.3) is 0 Å². The van der Waals surface area contributed by atoms with Gasteiger partial charge in [0, 0.05) is 52.8 Å². The summed E-state index contributed by atoms with van der Waals surface area (Å²) in [7, 11) is 0. The maximum atomic E-state index is 14.7. The number of rotatable bonds is 8. The Balaban J connectivity index is 1.34. The number of carboxylic acid groups (broad SMARTS) is 1. The van der Waals surface area contributed by atoms with Gasteiger partial charge in [0.15, 0.2) is 11.6 Å². The molecule has 0 bridgehead atoms. The second kappa shape index (κ2) is 9.58. The first kappa shape index (κ1) is 23.2. The molecule has 0 amide bonds. The monoisotopic (exact) mass is 495 g/mol. The number of H-pyrrole nitrogens is 2. The predicted octanol–water partition coefficient (Wildman–Crippen LogP) is 6.59. The van der Waals surface area contributed by atoms with Crippen LogP contribution in [0.1, 0.15) is 24.1 Å². The second-order valence-corrected chi connectivity index (χ2v) is 9.70. The van der Waals surface area contributed by atoms with E-state index in [0.717, 1.165) is 21.7 Å². The van der Waals surface area contributed by atoms with Crippen molar-refractivity contribution in [3.05, 3.63) is 76.6 Å². The van der Waals surface area contributed by atoms with Crippen molar-refractivity contribution in [2.24, 2.45) is 5.92 Å². The van der Waals surface area contributed by atoms with Gasteiger partial charge < -0.3 is 19.8 Å². The molecule has 2 aromatic carbocycles. The number of hydrogen-bond donors (Lipinski definition) is 3.